The van der Waals surface area contributed by atoms with Crippen LogP contribution in [0.3, 0.4) is 0 Å². The Balaban J connectivity index is 1.86. The number of benzene rings is 1. The van der Waals surface area contributed by atoms with E-state index in [0.717, 1.165) is 37.0 Å². The van der Waals surface area contributed by atoms with Crippen molar-refractivity contribution in [2.24, 2.45) is 0 Å². The molecule has 0 radical (unpaired) electrons. The van der Waals surface area contributed by atoms with Crippen LogP contribution in [-0.4, -0.2) is 28.1 Å². The maximum atomic E-state index is 12.5. The van der Waals surface area contributed by atoms with Crippen molar-refractivity contribution < 1.29 is 9.53 Å². The number of aryl methyl sites for hydroxylation is 1. The average molecular weight is 314 g/mol. The minimum absolute atomic E-state index is 0.0855. The van der Waals surface area contributed by atoms with Gasteiger partial charge in [0.05, 0.1) is 6.04 Å². The SMILES string of the molecule is CCc1ccc2cc(C3CCCN3C(=O)OC(C)(C)C)[nH]c2c1. The third kappa shape index (κ3) is 3.36. The predicted octanol–water partition coefficient (Wildman–Crippen LogP) is 4.80. The van der Waals surface area contributed by atoms with Gasteiger partial charge >= 0.3 is 6.09 Å². The highest BCUT2D eigenvalue weighted by Crippen LogP contribution is 2.34. The highest BCUT2D eigenvalue weighted by molar-refractivity contribution is 5.81. The number of likely N-dealkylation sites (tertiary alicyclic amines) is 1. The number of hydrogen-bond donors (Lipinski definition) is 1. The molecule has 0 saturated carbocycles. The number of amides is 1. The largest absolute Gasteiger partial charge is 0.444 e. The molecule has 4 nitrogen and oxygen atoms in total. The molecule has 1 N–H and O–H groups in total. The monoisotopic (exact) mass is 314 g/mol. The highest BCUT2D eigenvalue weighted by Gasteiger charge is 2.33. The Kier molecular flexibility index (Phi) is 4.09. The quantitative estimate of drug-likeness (QED) is 0.865. The maximum absolute atomic E-state index is 12.5. The van der Waals surface area contributed by atoms with Crippen LogP contribution in [0.1, 0.15) is 57.8 Å². The van der Waals surface area contributed by atoms with Crippen LogP contribution in [0.25, 0.3) is 10.9 Å². The fourth-order valence-corrected chi connectivity index (χ4v) is 3.23. The lowest BCUT2D eigenvalue weighted by Gasteiger charge is -2.28. The van der Waals surface area contributed by atoms with E-state index in [1.165, 1.54) is 10.9 Å². The van der Waals surface area contributed by atoms with Crippen LogP contribution in [0.2, 0.25) is 0 Å². The number of H-pyrrole nitrogens is 1. The van der Waals surface area contributed by atoms with E-state index in [2.05, 4.69) is 36.2 Å². The molecule has 0 aliphatic carbocycles. The van der Waals surface area contributed by atoms with Crippen molar-refractivity contribution in [2.75, 3.05) is 6.54 Å². The summed E-state index contributed by atoms with van der Waals surface area (Å²) in [5.41, 5.74) is 3.12. The molecule has 2 heterocycles. The minimum Gasteiger partial charge on any atom is -0.444 e. The first-order valence-electron chi connectivity index (χ1n) is 8.48. The maximum Gasteiger partial charge on any atom is 0.410 e. The van der Waals surface area contributed by atoms with Crippen molar-refractivity contribution in [3.8, 4) is 0 Å². The molecule has 1 aliphatic heterocycles. The molecule has 1 aromatic heterocycles. The molecule has 1 aromatic carbocycles. The second kappa shape index (κ2) is 5.91. The Hall–Kier alpha value is -1.97. The van der Waals surface area contributed by atoms with Gasteiger partial charge in [0.25, 0.3) is 0 Å². The van der Waals surface area contributed by atoms with Gasteiger partial charge < -0.3 is 9.72 Å². The molecule has 0 spiro atoms. The molecule has 4 heteroatoms. The van der Waals surface area contributed by atoms with Gasteiger partial charge in [-0.05, 0) is 63.1 Å². The number of ether oxygens (including phenoxy) is 1. The highest BCUT2D eigenvalue weighted by atomic mass is 16.6. The van der Waals surface area contributed by atoms with Crippen molar-refractivity contribution in [1.29, 1.82) is 0 Å². The van der Waals surface area contributed by atoms with Crippen molar-refractivity contribution in [2.45, 2.75) is 58.6 Å². The standard InChI is InChI=1S/C19H26N2O2/c1-5-13-8-9-14-12-16(20-15(14)11-13)17-7-6-10-21(17)18(22)23-19(2,3)4/h8-9,11-12,17,20H,5-7,10H2,1-4H3. The number of nitrogens with zero attached hydrogens (tertiary/aromatic N) is 1. The van der Waals surface area contributed by atoms with Gasteiger partial charge in [0.2, 0.25) is 0 Å². The third-order valence-electron chi connectivity index (χ3n) is 4.36. The normalized spacial score (nSPS) is 18.6. The first-order valence-corrected chi connectivity index (χ1v) is 8.48. The number of aromatic nitrogens is 1. The number of rotatable bonds is 2. The van der Waals surface area contributed by atoms with Crippen molar-refractivity contribution in [3.05, 3.63) is 35.5 Å². The summed E-state index contributed by atoms with van der Waals surface area (Å²) in [5, 5.41) is 1.20. The summed E-state index contributed by atoms with van der Waals surface area (Å²) < 4.78 is 5.56. The molecule has 1 unspecified atom stereocenters. The van der Waals surface area contributed by atoms with E-state index in [-0.39, 0.29) is 12.1 Å². The van der Waals surface area contributed by atoms with E-state index in [1.807, 2.05) is 25.7 Å². The molecule has 1 aliphatic rings. The van der Waals surface area contributed by atoms with Crippen molar-refractivity contribution >= 4 is 17.0 Å². The molecule has 1 atom stereocenters. The number of nitrogens with one attached hydrogen (secondary N) is 1. The van der Waals surface area contributed by atoms with E-state index in [0.29, 0.717) is 0 Å². The van der Waals surface area contributed by atoms with Gasteiger partial charge in [-0.25, -0.2) is 4.79 Å². The summed E-state index contributed by atoms with van der Waals surface area (Å²) in [6.07, 6.45) is 2.80. The van der Waals surface area contributed by atoms with Crippen molar-refractivity contribution in [3.63, 3.8) is 0 Å². The van der Waals surface area contributed by atoms with E-state index in [4.69, 9.17) is 4.74 Å². The van der Waals surface area contributed by atoms with Gasteiger partial charge in [0, 0.05) is 17.8 Å². The van der Waals surface area contributed by atoms with Gasteiger partial charge in [-0.1, -0.05) is 19.1 Å². The van der Waals surface area contributed by atoms with E-state index in [9.17, 15) is 4.79 Å². The summed E-state index contributed by atoms with van der Waals surface area (Å²) in [4.78, 5) is 17.8. The molecule has 3 rings (SSSR count). The first kappa shape index (κ1) is 15.9. The lowest BCUT2D eigenvalue weighted by molar-refractivity contribution is 0.0222. The van der Waals surface area contributed by atoms with Gasteiger partial charge in [0.15, 0.2) is 0 Å². The Labute approximate surface area is 137 Å². The summed E-state index contributed by atoms with van der Waals surface area (Å²) in [7, 11) is 0. The lowest BCUT2D eigenvalue weighted by Crippen LogP contribution is -2.36. The molecular formula is C19H26N2O2. The van der Waals surface area contributed by atoms with Crippen LogP contribution in [0.5, 0.6) is 0 Å². The Morgan fingerprint density at radius 2 is 2.13 bits per heavy atom. The van der Waals surface area contributed by atoms with Gasteiger partial charge in [0.1, 0.15) is 5.60 Å². The van der Waals surface area contributed by atoms with Gasteiger partial charge in [-0.2, -0.15) is 0 Å². The van der Waals surface area contributed by atoms with Crippen molar-refractivity contribution in [1.82, 2.24) is 9.88 Å². The zero-order chi connectivity index (χ0) is 16.6. The third-order valence-corrected chi connectivity index (χ3v) is 4.36. The average Bonchev–Trinajstić information content (AvgIpc) is 3.10. The lowest BCUT2D eigenvalue weighted by atomic mass is 10.1. The smallest absolute Gasteiger partial charge is 0.410 e. The number of aromatic amines is 1. The van der Waals surface area contributed by atoms with Crippen LogP contribution in [-0.2, 0) is 11.2 Å². The summed E-state index contributed by atoms with van der Waals surface area (Å²) in [6, 6.07) is 8.77. The fourth-order valence-electron chi connectivity index (χ4n) is 3.23. The molecule has 0 bridgehead atoms. The summed E-state index contributed by atoms with van der Waals surface area (Å²) in [6.45, 7) is 8.64. The molecule has 1 amide bonds. The molecule has 1 saturated heterocycles. The molecule has 2 aromatic rings. The predicted molar refractivity (Wildman–Crippen MR) is 92.6 cm³/mol. The first-order chi connectivity index (χ1) is 10.9. The zero-order valence-corrected chi connectivity index (χ0v) is 14.5. The van der Waals surface area contributed by atoms with Gasteiger partial charge in [-0.3, -0.25) is 4.90 Å². The summed E-state index contributed by atoms with van der Waals surface area (Å²) >= 11 is 0. The van der Waals surface area contributed by atoms with E-state index in [1.54, 1.807) is 0 Å². The van der Waals surface area contributed by atoms with Crippen LogP contribution in [0.4, 0.5) is 4.79 Å². The Morgan fingerprint density at radius 1 is 1.35 bits per heavy atom. The van der Waals surface area contributed by atoms with Gasteiger partial charge in [-0.15, -0.1) is 0 Å². The molecule has 23 heavy (non-hydrogen) atoms. The molecule has 124 valence electrons. The molecule has 1 fully saturated rings. The number of carbonyl (C=O) groups is 1. The Morgan fingerprint density at radius 3 is 2.83 bits per heavy atom. The Bertz CT molecular complexity index is 712. The fraction of sp³-hybridized carbons (Fsp3) is 0.526. The number of carbonyl (C=O) groups excluding carboxylic acids is 1. The van der Waals surface area contributed by atoms with Crippen LogP contribution in [0.15, 0.2) is 24.3 Å². The summed E-state index contributed by atoms with van der Waals surface area (Å²) in [5.74, 6) is 0. The van der Waals surface area contributed by atoms with E-state index < -0.39 is 5.60 Å². The van der Waals surface area contributed by atoms with Crippen LogP contribution in [0, 0.1) is 0 Å². The minimum atomic E-state index is -0.458. The zero-order valence-electron chi connectivity index (χ0n) is 14.5. The second-order valence-corrected chi connectivity index (χ2v) is 7.33. The number of fused-ring (bicyclic) bond motifs is 1. The van der Waals surface area contributed by atoms with Crippen LogP contribution < -0.4 is 0 Å². The van der Waals surface area contributed by atoms with Crippen LogP contribution >= 0.6 is 0 Å². The number of hydrogen-bond acceptors (Lipinski definition) is 2. The topological polar surface area (TPSA) is 45.3 Å². The second-order valence-electron chi connectivity index (χ2n) is 7.33. The van der Waals surface area contributed by atoms with E-state index >= 15 is 0 Å². The molecular weight excluding hydrogens is 288 g/mol.